The molecule has 0 bridgehead atoms. The van der Waals surface area contributed by atoms with E-state index < -0.39 is 10.8 Å². The molecular weight excluding hydrogens is 482 g/mol. The quantitative estimate of drug-likeness (QED) is 0.513. The number of aryl methyl sites for hydroxylation is 1. The van der Waals surface area contributed by atoms with Crippen LogP contribution in [-0.2, 0) is 10.8 Å². The third-order valence-electron chi connectivity index (χ3n) is 6.65. The van der Waals surface area contributed by atoms with Crippen molar-refractivity contribution in [1.82, 2.24) is 4.90 Å². The van der Waals surface area contributed by atoms with E-state index in [1.807, 2.05) is 30.0 Å². The van der Waals surface area contributed by atoms with Crippen molar-refractivity contribution >= 4 is 45.6 Å². The number of hydrogen-bond acceptors (Lipinski definition) is 4. The van der Waals surface area contributed by atoms with Gasteiger partial charge in [0.25, 0.3) is 11.8 Å². The molecule has 0 N–H and O–H groups in total. The number of halogens is 1. The highest BCUT2D eigenvalue weighted by atomic mass is 35.5. The standard InChI is InChI=1S/C27H26ClN3O3S/c1-3-31-23-16-19(9-11-25(23)35(34)24-7-5-4-6-21(24)27(31)33)26(32)30-14-12-29(13-15-30)22-17-20(28)10-8-18(22)2/h4-11,16-17H,3,12-15H2,1-2H3/t35-/m0/s1. The Kier molecular flexibility index (Phi) is 6.38. The van der Waals surface area contributed by atoms with E-state index in [2.05, 4.69) is 11.8 Å². The summed E-state index contributed by atoms with van der Waals surface area (Å²) in [5.41, 5.74) is 3.70. The van der Waals surface area contributed by atoms with E-state index in [4.69, 9.17) is 11.6 Å². The molecule has 5 rings (SSSR count). The van der Waals surface area contributed by atoms with Gasteiger partial charge in [-0.1, -0.05) is 29.8 Å². The van der Waals surface area contributed by atoms with Gasteiger partial charge in [-0.15, -0.1) is 0 Å². The summed E-state index contributed by atoms with van der Waals surface area (Å²) < 4.78 is 13.4. The third kappa shape index (κ3) is 4.23. The van der Waals surface area contributed by atoms with Gasteiger partial charge >= 0.3 is 0 Å². The first kappa shape index (κ1) is 23.6. The molecule has 1 fully saturated rings. The van der Waals surface area contributed by atoms with Gasteiger partial charge in [0, 0.05) is 49.0 Å². The topological polar surface area (TPSA) is 60.9 Å². The van der Waals surface area contributed by atoms with E-state index in [0.717, 1.165) is 11.3 Å². The number of fused-ring (bicyclic) bond motifs is 2. The van der Waals surface area contributed by atoms with Crippen LogP contribution in [0.5, 0.6) is 0 Å². The van der Waals surface area contributed by atoms with Crippen molar-refractivity contribution in [1.29, 1.82) is 0 Å². The Labute approximate surface area is 212 Å². The summed E-state index contributed by atoms with van der Waals surface area (Å²) in [5, 5.41) is 0.698. The van der Waals surface area contributed by atoms with Crippen LogP contribution in [0, 0.1) is 6.92 Å². The van der Waals surface area contributed by atoms with Gasteiger partial charge in [0.05, 0.1) is 31.8 Å². The predicted molar refractivity (Wildman–Crippen MR) is 139 cm³/mol. The molecule has 35 heavy (non-hydrogen) atoms. The van der Waals surface area contributed by atoms with Crippen LogP contribution >= 0.6 is 11.6 Å². The van der Waals surface area contributed by atoms with Crippen LogP contribution in [0.4, 0.5) is 11.4 Å². The minimum absolute atomic E-state index is 0.0914. The van der Waals surface area contributed by atoms with Gasteiger partial charge < -0.3 is 14.7 Å². The van der Waals surface area contributed by atoms with Crippen LogP contribution < -0.4 is 9.80 Å². The fourth-order valence-corrected chi connectivity index (χ4v) is 6.28. The van der Waals surface area contributed by atoms with Gasteiger partial charge in [-0.25, -0.2) is 4.21 Å². The summed E-state index contributed by atoms with van der Waals surface area (Å²) in [7, 11) is -1.51. The van der Waals surface area contributed by atoms with Crippen molar-refractivity contribution < 1.29 is 13.8 Å². The first-order chi connectivity index (χ1) is 16.9. The van der Waals surface area contributed by atoms with E-state index >= 15 is 0 Å². The molecule has 0 unspecified atom stereocenters. The normalized spacial score (nSPS) is 17.6. The first-order valence-electron chi connectivity index (χ1n) is 11.7. The zero-order valence-electron chi connectivity index (χ0n) is 19.7. The van der Waals surface area contributed by atoms with E-state index in [-0.39, 0.29) is 11.8 Å². The molecule has 6 nitrogen and oxygen atoms in total. The second-order valence-electron chi connectivity index (χ2n) is 8.71. The van der Waals surface area contributed by atoms with E-state index in [1.54, 1.807) is 47.4 Å². The molecule has 3 aromatic rings. The van der Waals surface area contributed by atoms with E-state index in [0.29, 0.717) is 64.4 Å². The zero-order chi connectivity index (χ0) is 24.7. The lowest BCUT2D eigenvalue weighted by Gasteiger charge is -2.37. The molecule has 0 radical (unpaired) electrons. The summed E-state index contributed by atoms with van der Waals surface area (Å²) >= 11 is 6.20. The second kappa shape index (κ2) is 9.47. The van der Waals surface area contributed by atoms with Gasteiger partial charge in [0.2, 0.25) is 0 Å². The number of piperazine rings is 1. The number of amides is 2. The van der Waals surface area contributed by atoms with Crippen molar-refractivity contribution in [3.8, 4) is 0 Å². The number of hydrogen-bond donors (Lipinski definition) is 0. The maximum Gasteiger partial charge on any atom is 0.259 e. The lowest BCUT2D eigenvalue weighted by molar-refractivity contribution is 0.0746. The van der Waals surface area contributed by atoms with Crippen LogP contribution in [0.25, 0.3) is 0 Å². The molecule has 0 spiro atoms. The number of carbonyl (C=O) groups is 2. The molecule has 2 aliphatic rings. The molecule has 2 heterocycles. The van der Waals surface area contributed by atoms with E-state index in [1.165, 1.54) is 0 Å². The predicted octanol–water partition coefficient (Wildman–Crippen LogP) is 4.76. The Hall–Kier alpha value is -3.16. The van der Waals surface area contributed by atoms with Crippen LogP contribution in [0.2, 0.25) is 5.02 Å². The molecule has 0 aliphatic carbocycles. The Bertz CT molecular complexity index is 1350. The molecule has 8 heteroatoms. The number of carbonyl (C=O) groups excluding carboxylic acids is 2. The highest BCUT2D eigenvalue weighted by Crippen LogP contribution is 2.35. The van der Waals surface area contributed by atoms with Gasteiger partial charge in [0.15, 0.2) is 0 Å². The van der Waals surface area contributed by atoms with Crippen LogP contribution in [0.15, 0.2) is 70.5 Å². The maximum atomic E-state index is 13.4. The fourth-order valence-electron chi connectivity index (χ4n) is 4.77. The number of anilines is 2. The number of benzene rings is 3. The SMILES string of the molecule is CCN1C(=O)c2ccccc2[S@](=O)c2ccc(C(=O)N3CCN(c4cc(Cl)ccc4C)CC3)cc21. The Morgan fingerprint density at radius 3 is 2.43 bits per heavy atom. The molecule has 2 amide bonds. The van der Waals surface area contributed by atoms with Gasteiger partial charge in [-0.2, -0.15) is 0 Å². The average molecular weight is 508 g/mol. The summed E-state index contributed by atoms with van der Waals surface area (Å²) in [6, 6.07) is 18.0. The molecule has 0 saturated carbocycles. The Balaban J connectivity index is 1.40. The largest absolute Gasteiger partial charge is 0.368 e. The Morgan fingerprint density at radius 1 is 0.943 bits per heavy atom. The van der Waals surface area contributed by atoms with Crippen molar-refractivity contribution in [2.24, 2.45) is 0 Å². The second-order valence-corrected chi connectivity index (χ2v) is 10.6. The number of nitrogens with zero attached hydrogens (tertiary/aromatic N) is 3. The highest BCUT2D eigenvalue weighted by molar-refractivity contribution is 7.85. The summed E-state index contributed by atoms with van der Waals surface area (Å²) in [6.45, 7) is 6.91. The van der Waals surface area contributed by atoms with Gasteiger partial charge in [-0.05, 0) is 61.9 Å². The minimum atomic E-state index is -1.51. The summed E-state index contributed by atoms with van der Waals surface area (Å²) in [4.78, 5) is 33.4. The third-order valence-corrected chi connectivity index (χ3v) is 8.39. The monoisotopic (exact) mass is 507 g/mol. The molecule has 3 aromatic carbocycles. The molecule has 180 valence electrons. The van der Waals surface area contributed by atoms with Crippen molar-refractivity contribution in [3.05, 3.63) is 82.4 Å². The minimum Gasteiger partial charge on any atom is -0.368 e. The molecule has 1 saturated heterocycles. The Morgan fingerprint density at radius 2 is 1.69 bits per heavy atom. The molecule has 2 aliphatic heterocycles. The maximum absolute atomic E-state index is 13.4. The van der Waals surface area contributed by atoms with Gasteiger partial charge in [0.1, 0.15) is 0 Å². The van der Waals surface area contributed by atoms with Gasteiger partial charge in [-0.3, -0.25) is 9.59 Å². The fraction of sp³-hybridized carbons (Fsp3) is 0.259. The lowest BCUT2D eigenvalue weighted by Crippen LogP contribution is -2.49. The number of rotatable bonds is 3. The van der Waals surface area contributed by atoms with E-state index in [9.17, 15) is 13.8 Å². The average Bonchev–Trinajstić information content (AvgIpc) is 2.97. The van der Waals surface area contributed by atoms with Crippen LogP contribution in [0.3, 0.4) is 0 Å². The molecule has 1 atom stereocenters. The summed E-state index contributed by atoms with van der Waals surface area (Å²) in [6.07, 6.45) is 0. The smallest absolute Gasteiger partial charge is 0.259 e. The summed E-state index contributed by atoms with van der Waals surface area (Å²) in [5.74, 6) is -0.295. The van der Waals surface area contributed by atoms with Crippen LogP contribution in [0.1, 0.15) is 33.2 Å². The lowest BCUT2D eigenvalue weighted by atomic mass is 10.1. The highest BCUT2D eigenvalue weighted by Gasteiger charge is 2.31. The molecular formula is C27H26ClN3O3S. The zero-order valence-corrected chi connectivity index (χ0v) is 21.2. The molecule has 0 aromatic heterocycles. The first-order valence-corrected chi connectivity index (χ1v) is 13.2. The van der Waals surface area contributed by atoms with Crippen LogP contribution in [-0.4, -0.2) is 53.6 Å². The van der Waals surface area contributed by atoms with Crippen molar-refractivity contribution in [3.63, 3.8) is 0 Å². The van der Waals surface area contributed by atoms with Crippen molar-refractivity contribution in [2.75, 3.05) is 42.5 Å². The van der Waals surface area contributed by atoms with Crippen molar-refractivity contribution in [2.45, 2.75) is 23.6 Å².